The molecule has 1 rings (SSSR count). The molecule has 4 heteroatoms. The molecular weight excluding hydrogens is 274 g/mol. The molecule has 1 heterocycles. The van der Waals surface area contributed by atoms with Crippen LogP contribution >= 0.6 is 31.9 Å². The SMILES string of the molecule is O=C(c1ccccn1)C(Br)Br. The topological polar surface area (TPSA) is 30.0 Å². The second-order valence-corrected chi connectivity index (χ2v) is 4.94. The van der Waals surface area contributed by atoms with E-state index in [9.17, 15) is 4.79 Å². The standard InChI is InChI=1S/C7H5Br2NO/c8-7(9)6(11)5-3-1-2-4-10-5/h1-4,7H. The number of aromatic nitrogens is 1. The number of pyridine rings is 1. The molecule has 58 valence electrons. The van der Waals surface area contributed by atoms with Gasteiger partial charge >= 0.3 is 0 Å². The van der Waals surface area contributed by atoms with E-state index in [1.54, 1.807) is 24.4 Å². The number of rotatable bonds is 2. The number of carbonyl (C=O) groups is 1. The maximum Gasteiger partial charge on any atom is 0.205 e. The lowest BCUT2D eigenvalue weighted by Crippen LogP contribution is -2.08. The van der Waals surface area contributed by atoms with Crippen molar-refractivity contribution >= 4 is 37.6 Å². The van der Waals surface area contributed by atoms with Crippen LogP contribution in [0.25, 0.3) is 0 Å². The van der Waals surface area contributed by atoms with E-state index in [1.165, 1.54) is 0 Å². The van der Waals surface area contributed by atoms with Crippen LogP contribution in [0.15, 0.2) is 24.4 Å². The maximum atomic E-state index is 11.2. The number of hydrogen-bond acceptors (Lipinski definition) is 2. The third kappa shape index (κ3) is 2.38. The summed E-state index contributed by atoms with van der Waals surface area (Å²) >= 11 is 6.21. The highest BCUT2D eigenvalue weighted by molar-refractivity contribution is 9.25. The van der Waals surface area contributed by atoms with Crippen molar-refractivity contribution in [3.8, 4) is 0 Å². The average Bonchev–Trinajstić information content (AvgIpc) is 2.05. The third-order valence-corrected chi connectivity index (χ3v) is 1.95. The molecule has 0 amide bonds. The van der Waals surface area contributed by atoms with Crippen LogP contribution in [0.4, 0.5) is 0 Å². The summed E-state index contributed by atoms with van der Waals surface area (Å²) in [5, 5.41) is 0. The fourth-order valence-corrected chi connectivity index (χ4v) is 1.09. The molecular formula is C7H5Br2NO. The van der Waals surface area contributed by atoms with Crippen molar-refractivity contribution in [3.63, 3.8) is 0 Å². The van der Waals surface area contributed by atoms with Crippen molar-refractivity contribution in [3.05, 3.63) is 30.1 Å². The Hall–Kier alpha value is -0.220. The van der Waals surface area contributed by atoms with E-state index >= 15 is 0 Å². The first-order valence-corrected chi connectivity index (χ1v) is 4.78. The first kappa shape index (κ1) is 8.87. The molecule has 0 N–H and O–H groups in total. The van der Waals surface area contributed by atoms with Crippen LogP contribution in [0.5, 0.6) is 0 Å². The smallest absolute Gasteiger partial charge is 0.205 e. The van der Waals surface area contributed by atoms with Crippen LogP contribution in [-0.4, -0.2) is 14.5 Å². The number of nitrogens with zero attached hydrogens (tertiary/aromatic N) is 1. The van der Waals surface area contributed by atoms with E-state index in [2.05, 4.69) is 36.8 Å². The van der Waals surface area contributed by atoms with Crippen molar-refractivity contribution in [1.29, 1.82) is 0 Å². The van der Waals surface area contributed by atoms with E-state index in [0.29, 0.717) is 5.69 Å². The molecule has 2 nitrogen and oxygen atoms in total. The van der Waals surface area contributed by atoms with E-state index in [4.69, 9.17) is 0 Å². The second-order valence-electron chi connectivity index (χ2n) is 1.88. The first-order chi connectivity index (χ1) is 5.22. The largest absolute Gasteiger partial charge is 0.290 e. The third-order valence-electron chi connectivity index (χ3n) is 1.12. The molecule has 0 radical (unpaired) electrons. The predicted octanol–water partition coefficient (Wildman–Crippen LogP) is 2.38. The van der Waals surface area contributed by atoms with Gasteiger partial charge in [-0.3, -0.25) is 9.78 Å². The molecule has 0 aromatic carbocycles. The summed E-state index contributed by atoms with van der Waals surface area (Å²) in [6.45, 7) is 0. The Morgan fingerprint density at radius 1 is 1.45 bits per heavy atom. The van der Waals surface area contributed by atoms with Gasteiger partial charge in [-0.2, -0.15) is 0 Å². The molecule has 0 aliphatic heterocycles. The highest BCUT2D eigenvalue weighted by Gasteiger charge is 2.13. The minimum absolute atomic E-state index is 0.0643. The molecule has 0 spiro atoms. The molecule has 0 aliphatic rings. The van der Waals surface area contributed by atoms with Crippen LogP contribution in [0.2, 0.25) is 0 Å². The molecule has 0 saturated heterocycles. The van der Waals surface area contributed by atoms with Crippen molar-refractivity contribution in [1.82, 2.24) is 4.98 Å². The number of hydrogen-bond donors (Lipinski definition) is 0. The molecule has 1 aromatic rings. The number of halogens is 2. The van der Waals surface area contributed by atoms with Gasteiger partial charge in [0.1, 0.15) is 9.43 Å². The summed E-state index contributed by atoms with van der Waals surface area (Å²) in [4.78, 5) is 15.1. The van der Waals surface area contributed by atoms with Gasteiger partial charge in [0.2, 0.25) is 5.78 Å². The zero-order chi connectivity index (χ0) is 8.27. The Morgan fingerprint density at radius 3 is 2.64 bits per heavy atom. The van der Waals surface area contributed by atoms with E-state index in [-0.39, 0.29) is 9.52 Å². The molecule has 0 unspecified atom stereocenters. The number of carbonyl (C=O) groups excluding carboxylic acids is 1. The fourth-order valence-electron chi connectivity index (χ4n) is 0.620. The Morgan fingerprint density at radius 2 is 2.18 bits per heavy atom. The molecule has 0 aliphatic carbocycles. The quantitative estimate of drug-likeness (QED) is 0.614. The van der Waals surface area contributed by atoms with Crippen LogP contribution < -0.4 is 0 Å². The van der Waals surface area contributed by atoms with Gasteiger partial charge in [0.05, 0.1) is 0 Å². The van der Waals surface area contributed by atoms with E-state index in [0.717, 1.165) is 0 Å². The highest BCUT2D eigenvalue weighted by atomic mass is 79.9. The van der Waals surface area contributed by atoms with Gasteiger partial charge < -0.3 is 0 Å². The van der Waals surface area contributed by atoms with Crippen LogP contribution in [-0.2, 0) is 0 Å². The predicted molar refractivity (Wildman–Crippen MR) is 50.2 cm³/mol. The number of alkyl halides is 2. The lowest BCUT2D eigenvalue weighted by molar-refractivity contribution is 0.101. The molecule has 11 heavy (non-hydrogen) atoms. The highest BCUT2D eigenvalue weighted by Crippen LogP contribution is 2.13. The zero-order valence-electron chi connectivity index (χ0n) is 5.50. The molecule has 0 saturated carbocycles. The van der Waals surface area contributed by atoms with Crippen molar-refractivity contribution < 1.29 is 4.79 Å². The molecule has 0 atom stereocenters. The first-order valence-electron chi connectivity index (χ1n) is 2.95. The molecule has 0 bridgehead atoms. The van der Waals surface area contributed by atoms with Gasteiger partial charge in [0.25, 0.3) is 0 Å². The van der Waals surface area contributed by atoms with Gasteiger partial charge in [0, 0.05) is 6.20 Å². The zero-order valence-corrected chi connectivity index (χ0v) is 8.67. The lowest BCUT2D eigenvalue weighted by atomic mass is 10.3. The van der Waals surface area contributed by atoms with Crippen molar-refractivity contribution in [2.45, 2.75) is 3.74 Å². The molecule has 1 aromatic heterocycles. The Labute approximate surface area is 81.3 Å². The van der Waals surface area contributed by atoms with Crippen LogP contribution in [0, 0.1) is 0 Å². The van der Waals surface area contributed by atoms with Gasteiger partial charge in [-0.25, -0.2) is 0 Å². The van der Waals surface area contributed by atoms with E-state index in [1.807, 2.05) is 0 Å². The maximum absolute atomic E-state index is 11.2. The fraction of sp³-hybridized carbons (Fsp3) is 0.143. The molecule has 0 fully saturated rings. The van der Waals surface area contributed by atoms with Gasteiger partial charge in [-0.15, -0.1) is 0 Å². The summed E-state index contributed by atoms with van der Waals surface area (Å²) < 4.78 is -0.343. The Kier molecular flexibility index (Phi) is 3.20. The monoisotopic (exact) mass is 277 g/mol. The lowest BCUT2D eigenvalue weighted by Gasteiger charge is -1.97. The normalized spacial score (nSPS) is 10.1. The summed E-state index contributed by atoms with van der Waals surface area (Å²) in [5.74, 6) is -0.0643. The van der Waals surface area contributed by atoms with Gasteiger partial charge in [-0.05, 0) is 12.1 Å². The summed E-state index contributed by atoms with van der Waals surface area (Å²) in [6, 6.07) is 5.23. The van der Waals surface area contributed by atoms with Gasteiger partial charge in [-0.1, -0.05) is 37.9 Å². The average molecular weight is 279 g/mol. The second kappa shape index (κ2) is 3.97. The Balaban J connectivity index is 2.86. The van der Waals surface area contributed by atoms with Crippen molar-refractivity contribution in [2.75, 3.05) is 0 Å². The van der Waals surface area contributed by atoms with Crippen LogP contribution in [0.3, 0.4) is 0 Å². The number of Topliss-reactive ketones (excluding diaryl/α,β-unsaturated/α-hetero) is 1. The van der Waals surface area contributed by atoms with Crippen LogP contribution in [0.1, 0.15) is 10.5 Å². The minimum atomic E-state index is -0.343. The number of ketones is 1. The van der Waals surface area contributed by atoms with E-state index < -0.39 is 0 Å². The summed E-state index contributed by atoms with van der Waals surface area (Å²) in [6.07, 6.45) is 1.59. The van der Waals surface area contributed by atoms with Crippen molar-refractivity contribution in [2.24, 2.45) is 0 Å². The summed E-state index contributed by atoms with van der Waals surface area (Å²) in [7, 11) is 0. The summed E-state index contributed by atoms with van der Waals surface area (Å²) in [5.41, 5.74) is 0.464. The van der Waals surface area contributed by atoms with Gasteiger partial charge in [0.15, 0.2) is 0 Å². The Bertz CT molecular complexity index is 248. The minimum Gasteiger partial charge on any atom is -0.290 e.